The molecule has 0 saturated carbocycles. The summed E-state index contributed by atoms with van der Waals surface area (Å²) in [7, 11) is 0. The Morgan fingerprint density at radius 2 is 1.87 bits per heavy atom. The molecule has 0 aliphatic heterocycles. The van der Waals surface area contributed by atoms with E-state index in [0.717, 1.165) is 16.8 Å². The second-order valence-electron chi connectivity index (χ2n) is 5.63. The second kappa shape index (κ2) is 6.18. The van der Waals surface area contributed by atoms with E-state index >= 15 is 0 Å². The molecule has 0 bridgehead atoms. The molecular weight excluding hydrogens is 292 g/mol. The van der Waals surface area contributed by atoms with E-state index in [0.29, 0.717) is 30.0 Å². The van der Waals surface area contributed by atoms with E-state index in [1.54, 1.807) is 13.0 Å². The van der Waals surface area contributed by atoms with Gasteiger partial charge >= 0.3 is 0 Å². The monoisotopic (exact) mass is 310 g/mol. The van der Waals surface area contributed by atoms with E-state index in [1.807, 2.05) is 25.1 Å². The quantitative estimate of drug-likeness (QED) is 0.681. The fraction of sp³-hybridized carbons (Fsp3) is 0.235. The van der Waals surface area contributed by atoms with Crippen LogP contribution < -0.4 is 16.3 Å². The fourth-order valence-electron chi connectivity index (χ4n) is 2.57. The highest BCUT2D eigenvalue weighted by Gasteiger charge is 2.03. The number of aromatic nitrogens is 3. The van der Waals surface area contributed by atoms with E-state index in [-0.39, 0.29) is 11.0 Å². The smallest absolute Gasteiger partial charge is 0.251 e. The van der Waals surface area contributed by atoms with E-state index in [1.165, 1.54) is 6.07 Å². The zero-order valence-corrected chi connectivity index (χ0v) is 13.1. The molecule has 0 spiro atoms. The molecule has 0 radical (unpaired) electrons. The maximum Gasteiger partial charge on any atom is 0.251 e. The molecule has 0 fully saturated rings. The lowest BCUT2D eigenvalue weighted by molar-refractivity contribution is 0.663. The number of fused-ring (bicyclic) bond motifs is 1. The number of nitrogens with one attached hydrogen (secondary N) is 3. The van der Waals surface area contributed by atoms with Gasteiger partial charge in [0.15, 0.2) is 5.43 Å². The summed E-state index contributed by atoms with van der Waals surface area (Å²) in [6, 6.07) is 8.83. The van der Waals surface area contributed by atoms with Crippen molar-refractivity contribution in [1.29, 1.82) is 0 Å². The van der Waals surface area contributed by atoms with Gasteiger partial charge < -0.3 is 15.3 Å². The van der Waals surface area contributed by atoms with Crippen LogP contribution in [0.1, 0.15) is 22.8 Å². The Balaban J connectivity index is 1.76. The summed E-state index contributed by atoms with van der Waals surface area (Å²) in [4.78, 5) is 33.7. The predicted octanol–water partition coefficient (Wildman–Crippen LogP) is 1.52. The van der Waals surface area contributed by atoms with Gasteiger partial charge in [-0.25, -0.2) is 4.98 Å². The van der Waals surface area contributed by atoms with Crippen LogP contribution in [0.2, 0.25) is 0 Å². The first-order valence-electron chi connectivity index (χ1n) is 7.41. The molecule has 23 heavy (non-hydrogen) atoms. The predicted molar refractivity (Wildman–Crippen MR) is 89.4 cm³/mol. The molecular formula is C17H18N4O2. The molecule has 0 unspecified atom stereocenters. The average molecular weight is 310 g/mol. The van der Waals surface area contributed by atoms with Crippen molar-refractivity contribution in [3.8, 4) is 0 Å². The molecule has 0 aliphatic rings. The van der Waals surface area contributed by atoms with Crippen molar-refractivity contribution < 1.29 is 0 Å². The number of pyridine rings is 1. The Hall–Kier alpha value is -2.73. The molecule has 2 heterocycles. The minimum Gasteiger partial charge on any atom is -0.357 e. The molecule has 3 aromatic rings. The molecule has 2 aromatic heterocycles. The SMILES string of the molecule is Cc1ccc2[nH]c(CNCc3cc(=O)[nH]c(C)n3)cc(=O)c2c1. The third-order valence-electron chi connectivity index (χ3n) is 3.58. The zero-order chi connectivity index (χ0) is 16.4. The number of rotatable bonds is 4. The van der Waals surface area contributed by atoms with Gasteiger partial charge in [-0.05, 0) is 26.0 Å². The summed E-state index contributed by atoms with van der Waals surface area (Å²) in [5.41, 5.74) is 3.20. The van der Waals surface area contributed by atoms with Gasteiger partial charge in [-0.2, -0.15) is 0 Å². The number of H-pyrrole nitrogens is 2. The number of nitrogens with zero attached hydrogens (tertiary/aromatic N) is 1. The largest absolute Gasteiger partial charge is 0.357 e. The van der Waals surface area contributed by atoms with Crippen LogP contribution in [0.5, 0.6) is 0 Å². The first-order valence-corrected chi connectivity index (χ1v) is 7.41. The standard InChI is InChI=1S/C17H18N4O2/c1-10-3-4-15-14(5-10)16(22)6-12(21-15)8-18-9-13-7-17(23)20-11(2)19-13/h3-7,18H,8-9H2,1-2H3,(H,21,22)(H,19,20,23). The van der Waals surface area contributed by atoms with Crippen molar-refractivity contribution in [2.75, 3.05) is 0 Å². The van der Waals surface area contributed by atoms with Gasteiger partial charge in [0.2, 0.25) is 0 Å². The molecule has 0 aliphatic carbocycles. The highest BCUT2D eigenvalue weighted by molar-refractivity contribution is 5.79. The maximum absolute atomic E-state index is 12.2. The van der Waals surface area contributed by atoms with E-state index < -0.39 is 0 Å². The summed E-state index contributed by atoms with van der Waals surface area (Å²) in [5, 5.41) is 3.89. The zero-order valence-electron chi connectivity index (χ0n) is 13.1. The molecule has 6 heteroatoms. The summed E-state index contributed by atoms with van der Waals surface area (Å²) in [5.74, 6) is 0.587. The van der Waals surface area contributed by atoms with Gasteiger partial charge in [-0.3, -0.25) is 9.59 Å². The highest BCUT2D eigenvalue weighted by atomic mass is 16.1. The summed E-state index contributed by atoms with van der Waals surface area (Å²) < 4.78 is 0. The fourth-order valence-corrected chi connectivity index (χ4v) is 2.57. The Kier molecular flexibility index (Phi) is 4.08. The minimum atomic E-state index is -0.163. The molecule has 0 amide bonds. The summed E-state index contributed by atoms with van der Waals surface area (Å²) in [6.07, 6.45) is 0. The van der Waals surface area contributed by atoms with E-state index in [9.17, 15) is 9.59 Å². The van der Waals surface area contributed by atoms with Crippen LogP contribution in [0.25, 0.3) is 10.9 Å². The Labute approximate surface area is 132 Å². The van der Waals surface area contributed by atoms with Crippen LogP contribution >= 0.6 is 0 Å². The topological polar surface area (TPSA) is 90.6 Å². The van der Waals surface area contributed by atoms with Crippen LogP contribution in [0.4, 0.5) is 0 Å². The van der Waals surface area contributed by atoms with Crippen LogP contribution in [-0.2, 0) is 13.1 Å². The first-order chi connectivity index (χ1) is 11.0. The van der Waals surface area contributed by atoms with Gasteiger partial charge in [0.05, 0.1) is 5.69 Å². The van der Waals surface area contributed by atoms with Gasteiger partial charge in [0.25, 0.3) is 5.56 Å². The Bertz CT molecular complexity index is 972. The Morgan fingerprint density at radius 1 is 1.04 bits per heavy atom. The van der Waals surface area contributed by atoms with Crippen LogP contribution in [0.3, 0.4) is 0 Å². The maximum atomic E-state index is 12.2. The number of aryl methyl sites for hydroxylation is 2. The van der Waals surface area contributed by atoms with Crippen molar-refractivity contribution in [3.05, 3.63) is 73.7 Å². The molecule has 3 rings (SSSR count). The Morgan fingerprint density at radius 3 is 2.65 bits per heavy atom. The lowest BCUT2D eigenvalue weighted by Gasteiger charge is -2.07. The van der Waals surface area contributed by atoms with Gasteiger partial charge in [0.1, 0.15) is 5.82 Å². The van der Waals surface area contributed by atoms with Crippen LogP contribution in [0, 0.1) is 13.8 Å². The van der Waals surface area contributed by atoms with Crippen LogP contribution in [0.15, 0.2) is 39.9 Å². The number of aromatic amines is 2. The molecule has 3 N–H and O–H groups in total. The molecule has 0 atom stereocenters. The summed E-state index contributed by atoms with van der Waals surface area (Å²) >= 11 is 0. The van der Waals surface area contributed by atoms with Crippen molar-refractivity contribution in [2.45, 2.75) is 26.9 Å². The third kappa shape index (κ3) is 3.54. The second-order valence-corrected chi connectivity index (χ2v) is 5.63. The molecule has 118 valence electrons. The normalized spacial score (nSPS) is 11.0. The number of benzene rings is 1. The van der Waals surface area contributed by atoms with Crippen molar-refractivity contribution in [3.63, 3.8) is 0 Å². The average Bonchev–Trinajstić information content (AvgIpc) is 2.47. The summed E-state index contributed by atoms with van der Waals surface area (Å²) in [6.45, 7) is 4.66. The van der Waals surface area contributed by atoms with Gasteiger partial charge in [-0.15, -0.1) is 0 Å². The van der Waals surface area contributed by atoms with Crippen molar-refractivity contribution >= 4 is 10.9 Å². The molecule has 0 saturated heterocycles. The van der Waals surface area contributed by atoms with Crippen LogP contribution in [-0.4, -0.2) is 15.0 Å². The van der Waals surface area contributed by atoms with E-state index in [4.69, 9.17) is 0 Å². The molecule has 1 aromatic carbocycles. The first kappa shape index (κ1) is 15.2. The van der Waals surface area contributed by atoms with Gasteiger partial charge in [-0.1, -0.05) is 11.6 Å². The lowest BCUT2D eigenvalue weighted by Crippen LogP contribution is -2.19. The van der Waals surface area contributed by atoms with Crippen molar-refractivity contribution in [1.82, 2.24) is 20.3 Å². The van der Waals surface area contributed by atoms with E-state index in [2.05, 4.69) is 20.3 Å². The number of hydrogen-bond donors (Lipinski definition) is 3. The third-order valence-corrected chi connectivity index (χ3v) is 3.58. The molecule has 6 nitrogen and oxygen atoms in total. The lowest BCUT2D eigenvalue weighted by atomic mass is 10.1. The van der Waals surface area contributed by atoms with Crippen molar-refractivity contribution in [2.24, 2.45) is 0 Å². The highest BCUT2D eigenvalue weighted by Crippen LogP contribution is 2.10. The minimum absolute atomic E-state index is 0.00405. The van der Waals surface area contributed by atoms with Gasteiger partial charge in [0, 0.05) is 41.8 Å². The number of hydrogen-bond acceptors (Lipinski definition) is 4.